The minimum absolute atomic E-state index is 0.508. The second-order valence-corrected chi connectivity index (χ2v) is 5.86. The quantitative estimate of drug-likeness (QED) is 0.614. The Labute approximate surface area is 89.9 Å². The van der Waals surface area contributed by atoms with E-state index in [1.807, 2.05) is 36.4 Å². The lowest BCUT2D eigenvalue weighted by Gasteiger charge is -2.04. The molecule has 0 aromatic heterocycles. The maximum Gasteiger partial charge on any atom is 0.0197 e. The topological polar surface area (TPSA) is 0 Å². The second-order valence-electron chi connectivity index (χ2n) is 3.74. The molecule has 0 bridgehead atoms. The molecule has 0 saturated carbocycles. The summed E-state index contributed by atoms with van der Waals surface area (Å²) in [5, 5.41) is 0. The van der Waals surface area contributed by atoms with E-state index in [9.17, 15) is 0 Å². The fraction of sp³-hybridized carbons (Fsp3) is 0.385. The molecule has 1 aliphatic rings. The highest BCUT2D eigenvalue weighted by molar-refractivity contribution is 6.35. The predicted octanol–water partition coefficient (Wildman–Crippen LogP) is 3.51. The van der Waals surface area contributed by atoms with Crippen LogP contribution in [0.3, 0.4) is 0 Å². The smallest absolute Gasteiger partial charge is 0.0197 e. The van der Waals surface area contributed by atoms with Gasteiger partial charge >= 0.3 is 0 Å². The first-order chi connectivity index (χ1) is 6.93. The first kappa shape index (κ1) is 11.3. The highest BCUT2D eigenvalue weighted by Crippen LogP contribution is 2.10. The van der Waals surface area contributed by atoms with Crippen LogP contribution >= 0.6 is 0 Å². The molecule has 1 aromatic carbocycles. The lowest BCUT2D eigenvalue weighted by atomic mass is 10.2. The van der Waals surface area contributed by atoms with Crippen molar-refractivity contribution in [1.82, 2.24) is 0 Å². The van der Waals surface area contributed by atoms with Gasteiger partial charge < -0.3 is 0 Å². The Morgan fingerprint density at radius 3 is 1.93 bits per heavy atom. The molecule has 1 heteroatoms. The lowest BCUT2D eigenvalue weighted by molar-refractivity contribution is 0.734. The Morgan fingerprint density at radius 2 is 1.64 bits per heavy atom. The number of hydrogen-bond donors (Lipinski definition) is 0. The molecule has 1 fully saturated rings. The molecule has 1 saturated heterocycles. The van der Waals surface area contributed by atoms with Crippen LogP contribution in [0.5, 0.6) is 0 Å². The molecular formula is C13H20Si. The summed E-state index contributed by atoms with van der Waals surface area (Å²) in [7, 11) is 0.508. The van der Waals surface area contributed by atoms with E-state index in [0.29, 0.717) is 9.52 Å². The predicted molar refractivity (Wildman–Crippen MR) is 68.5 cm³/mol. The summed E-state index contributed by atoms with van der Waals surface area (Å²) in [4.78, 5) is 0. The Hall–Kier alpha value is -0.823. The fourth-order valence-corrected chi connectivity index (χ4v) is 3.42. The van der Waals surface area contributed by atoms with Crippen LogP contribution in [0.4, 0.5) is 0 Å². The van der Waals surface area contributed by atoms with Crippen molar-refractivity contribution in [2.75, 3.05) is 0 Å². The molecule has 1 heterocycles. The zero-order valence-corrected chi connectivity index (χ0v) is 10.3. The van der Waals surface area contributed by atoms with Crippen molar-refractivity contribution in [2.24, 2.45) is 0 Å². The molecular weight excluding hydrogens is 184 g/mol. The Morgan fingerprint density at radius 1 is 1.00 bits per heavy atom. The third-order valence-electron chi connectivity index (χ3n) is 2.54. The maximum atomic E-state index is 3.63. The van der Waals surface area contributed by atoms with E-state index in [2.05, 4.69) is 6.58 Å². The molecule has 76 valence electrons. The van der Waals surface area contributed by atoms with Crippen LogP contribution in [-0.4, -0.2) is 9.52 Å². The lowest BCUT2D eigenvalue weighted by Crippen LogP contribution is -1.94. The molecule has 0 spiro atoms. The van der Waals surface area contributed by atoms with E-state index in [0.717, 1.165) is 0 Å². The van der Waals surface area contributed by atoms with Gasteiger partial charge in [-0.25, -0.2) is 0 Å². The summed E-state index contributed by atoms with van der Waals surface area (Å²) < 4.78 is 0. The van der Waals surface area contributed by atoms with Gasteiger partial charge in [-0.05, 0) is 5.56 Å². The van der Waals surface area contributed by atoms with Crippen molar-refractivity contribution < 1.29 is 0 Å². The van der Waals surface area contributed by atoms with Gasteiger partial charge in [0.2, 0.25) is 0 Å². The van der Waals surface area contributed by atoms with E-state index >= 15 is 0 Å². The highest BCUT2D eigenvalue weighted by Gasteiger charge is 1.96. The summed E-state index contributed by atoms with van der Waals surface area (Å²) in [5.41, 5.74) is 1.17. The van der Waals surface area contributed by atoms with Crippen LogP contribution < -0.4 is 0 Å². The number of rotatable bonds is 1. The molecule has 1 aromatic rings. The molecule has 0 nitrogen and oxygen atoms in total. The second kappa shape index (κ2) is 7.57. The summed E-state index contributed by atoms with van der Waals surface area (Å²) >= 11 is 0. The Balaban J connectivity index is 0.000000146. The first-order valence-corrected chi connectivity index (χ1v) is 7.61. The molecule has 1 aliphatic heterocycles. The third-order valence-corrected chi connectivity index (χ3v) is 4.54. The van der Waals surface area contributed by atoms with E-state index in [1.165, 1.54) is 12.0 Å². The zero-order chi connectivity index (χ0) is 10.1. The number of benzene rings is 1. The molecule has 14 heavy (non-hydrogen) atoms. The molecule has 0 radical (unpaired) electrons. The molecule has 0 atom stereocenters. The Kier molecular flexibility index (Phi) is 6.08. The summed E-state index contributed by atoms with van der Waals surface area (Å²) in [6, 6.07) is 13.3. The van der Waals surface area contributed by atoms with Gasteiger partial charge in [0.15, 0.2) is 0 Å². The maximum absolute atomic E-state index is 3.63. The molecule has 0 aliphatic carbocycles. The van der Waals surface area contributed by atoms with Gasteiger partial charge in [-0.1, -0.05) is 74.3 Å². The third kappa shape index (κ3) is 5.03. The van der Waals surface area contributed by atoms with Crippen LogP contribution in [0.25, 0.3) is 6.08 Å². The van der Waals surface area contributed by atoms with Gasteiger partial charge in [0, 0.05) is 9.52 Å². The minimum atomic E-state index is 0.508. The van der Waals surface area contributed by atoms with Crippen LogP contribution in [0.1, 0.15) is 24.8 Å². The van der Waals surface area contributed by atoms with Gasteiger partial charge in [-0.3, -0.25) is 0 Å². The summed E-state index contributed by atoms with van der Waals surface area (Å²) in [6.45, 7) is 3.63. The van der Waals surface area contributed by atoms with Crippen molar-refractivity contribution in [2.45, 2.75) is 31.4 Å². The number of hydrogen-bond acceptors (Lipinski definition) is 0. The van der Waals surface area contributed by atoms with Gasteiger partial charge in [0.1, 0.15) is 0 Å². The Bertz CT molecular complexity index is 225. The van der Waals surface area contributed by atoms with Crippen molar-refractivity contribution in [3.8, 4) is 0 Å². The van der Waals surface area contributed by atoms with Crippen molar-refractivity contribution in [1.29, 1.82) is 0 Å². The normalized spacial score (nSPS) is 15.1. The van der Waals surface area contributed by atoms with Crippen molar-refractivity contribution >= 4 is 15.6 Å². The monoisotopic (exact) mass is 204 g/mol. The first-order valence-electron chi connectivity index (χ1n) is 5.61. The van der Waals surface area contributed by atoms with Crippen molar-refractivity contribution in [3.63, 3.8) is 0 Å². The minimum Gasteiger partial charge on any atom is -0.0985 e. The highest BCUT2D eigenvalue weighted by atomic mass is 28.2. The summed E-state index contributed by atoms with van der Waals surface area (Å²) in [5.74, 6) is 0. The average molecular weight is 204 g/mol. The van der Waals surface area contributed by atoms with E-state index in [-0.39, 0.29) is 0 Å². The van der Waals surface area contributed by atoms with Crippen LogP contribution in [-0.2, 0) is 0 Å². The van der Waals surface area contributed by atoms with Crippen molar-refractivity contribution in [3.05, 3.63) is 42.5 Å². The molecule has 0 N–H and O–H groups in total. The van der Waals surface area contributed by atoms with E-state index < -0.39 is 0 Å². The zero-order valence-electron chi connectivity index (χ0n) is 8.91. The standard InChI is InChI=1S/C8H8.C5H12Si/c1-2-8-6-4-3-5-7-8;1-2-4-6-5-3-1/h2-7H,1H2;1-6H2. The van der Waals surface area contributed by atoms with Crippen LogP contribution in [0.2, 0.25) is 12.1 Å². The van der Waals surface area contributed by atoms with Gasteiger partial charge in [0.25, 0.3) is 0 Å². The largest absolute Gasteiger partial charge is 0.0985 e. The van der Waals surface area contributed by atoms with Gasteiger partial charge in [-0.15, -0.1) is 0 Å². The van der Waals surface area contributed by atoms with E-state index in [1.54, 1.807) is 24.9 Å². The van der Waals surface area contributed by atoms with Gasteiger partial charge in [0.05, 0.1) is 0 Å². The van der Waals surface area contributed by atoms with Crippen LogP contribution in [0, 0.1) is 0 Å². The van der Waals surface area contributed by atoms with Crippen LogP contribution in [0.15, 0.2) is 36.9 Å². The fourth-order valence-electron chi connectivity index (χ4n) is 1.65. The molecule has 2 rings (SSSR count). The van der Waals surface area contributed by atoms with E-state index in [4.69, 9.17) is 0 Å². The van der Waals surface area contributed by atoms with Gasteiger partial charge in [-0.2, -0.15) is 0 Å². The molecule has 0 unspecified atom stereocenters. The summed E-state index contributed by atoms with van der Waals surface area (Å²) in [6.07, 6.45) is 6.49. The molecule has 0 amide bonds. The SMILES string of the molecule is C1CC[SiH2]CC1.C=Cc1ccccc1. The average Bonchev–Trinajstić information content (AvgIpc) is 2.33.